The van der Waals surface area contributed by atoms with Crippen LogP contribution in [-0.4, -0.2) is 15.8 Å². The number of aromatic nitrogens is 2. The van der Waals surface area contributed by atoms with Crippen molar-refractivity contribution in [3.63, 3.8) is 0 Å². The molecule has 1 aliphatic carbocycles. The summed E-state index contributed by atoms with van der Waals surface area (Å²) in [4.78, 5) is 20.6. The zero-order valence-electron chi connectivity index (χ0n) is 13.8. The maximum atomic E-state index is 11.9. The quantitative estimate of drug-likeness (QED) is 0.810. The highest BCUT2D eigenvalue weighted by Gasteiger charge is 2.39. The number of hydrogen-bond acceptors (Lipinski definition) is 4. The van der Waals surface area contributed by atoms with Gasteiger partial charge in [0.15, 0.2) is 5.78 Å². The van der Waals surface area contributed by atoms with Crippen molar-refractivity contribution in [1.29, 1.82) is 0 Å². The maximum absolute atomic E-state index is 11.9. The van der Waals surface area contributed by atoms with Crippen LogP contribution in [0.2, 0.25) is 0 Å². The zero-order chi connectivity index (χ0) is 16.3. The van der Waals surface area contributed by atoms with Gasteiger partial charge in [0.05, 0.1) is 11.1 Å². The molecule has 0 amide bonds. The number of ketones is 1. The fourth-order valence-corrected chi connectivity index (χ4v) is 3.01. The Kier molecular flexibility index (Phi) is 4.42. The van der Waals surface area contributed by atoms with Gasteiger partial charge in [-0.15, -0.1) is 0 Å². The number of benzene rings is 1. The predicted octanol–water partition coefficient (Wildman–Crippen LogP) is 4.26. The smallest absolute Gasteiger partial charge is 0.223 e. The van der Waals surface area contributed by atoms with Gasteiger partial charge in [0.25, 0.3) is 0 Å². The number of nitrogens with one attached hydrogen (secondary N) is 1. The van der Waals surface area contributed by atoms with E-state index in [1.165, 1.54) is 17.5 Å². The molecule has 3 rings (SSSR count). The van der Waals surface area contributed by atoms with Crippen LogP contribution in [0.1, 0.15) is 60.5 Å². The summed E-state index contributed by atoms with van der Waals surface area (Å²) < 4.78 is 0. The molecule has 0 spiro atoms. The molecule has 120 valence electrons. The van der Waals surface area contributed by atoms with E-state index >= 15 is 0 Å². The highest BCUT2D eigenvalue weighted by molar-refractivity contribution is 5.95. The zero-order valence-corrected chi connectivity index (χ0v) is 13.8. The number of rotatable bonds is 6. The Hall–Kier alpha value is -2.23. The van der Waals surface area contributed by atoms with E-state index in [0.29, 0.717) is 17.9 Å². The number of aryl methyl sites for hydroxylation is 1. The van der Waals surface area contributed by atoms with Crippen molar-refractivity contribution in [2.24, 2.45) is 0 Å². The highest BCUT2D eigenvalue weighted by atomic mass is 16.1. The summed E-state index contributed by atoms with van der Waals surface area (Å²) in [6.07, 6.45) is 8.02. The van der Waals surface area contributed by atoms with Crippen molar-refractivity contribution in [3.8, 4) is 0 Å². The van der Waals surface area contributed by atoms with Crippen LogP contribution in [0.4, 0.5) is 5.95 Å². The van der Waals surface area contributed by atoms with Crippen LogP contribution in [0.15, 0.2) is 36.7 Å². The summed E-state index contributed by atoms with van der Waals surface area (Å²) in [6, 6.07) is 8.65. The van der Waals surface area contributed by atoms with Gasteiger partial charge in [-0.05, 0) is 38.2 Å². The molecule has 4 nitrogen and oxygen atoms in total. The monoisotopic (exact) mass is 309 g/mol. The Labute approximate surface area is 137 Å². The summed E-state index contributed by atoms with van der Waals surface area (Å²) in [5.41, 5.74) is 3.07. The van der Waals surface area contributed by atoms with Crippen molar-refractivity contribution < 1.29 is 4.79 Å². The van der Waals surface area contributed by atoms with Gasteiger partial charge in [-0.25, -0.2) is 9.97 Å². The first-order valence-electron chi connectivity index (χ1n) is 8.33. The largest absolute Gasteiger partial charge is 0.345 e. The Morgan fingerprint density at radius 1 is 1.17 bits per heavy atom. The second kappa shape index (κ2) is 6.49. The van der Waals surface area contributed by atoms with E-state index in [1.54, 1.807) is 12.4 Å². The van der Waals surface area contributed by atoms with E-state index < -0.39 is 0 Å². The van der Waals surface area contributed by atoms with Gasteiger partial charge in [-0.3, -0.25) is 4.79 Å². The van der Waals surface area contributed by atoms with Crippen molar-refractivity contribution >= 4 is 11.7 Å². The highest BCUT2D eigenvalue weighted by Crippen LogP contribution is 2.43. The van der Waals surface area contributed by atoms with Gasteiger partial charge in [0, 0.05) is 18.8 Å². The van der Waals surface area contributed by atoms with Crippen molar-refractivity contribution in [3.05, 3.63) is 53.3 Å². The maximum Gasteiger partial charge on any atom is 0.223 e. The minimum atomic E-state index is -0.0668. The van der Waals surface area contributed by atoms with Crippen molar-refractivity contribution in [2.75, 3.05) is 5.32 Å². The van der Waals surface area contributed by atoms with Crippen molar-refractivity contribution in [1.82, 2.24) is 9.97 Å². The van der Waals surface area contributed by atoms with Gasteiger partial charge in [-0.2, -0.15) is 0 Å². The molecule has 4 heteroatoms. The fourth-order valence-electron chi connectivity index (χ4n) is 3.01. The summed E-state index contributed by atoms with van der Waals surface area (Å²) in [6.45, 7) is 4.09. The molecule has 1 saturated carbocycles. The fraction of sp³-hybridized carbons (Fsp3) is 0.421. The molecule has 23 heavy (non-hydrogen) atoms. The number of anilines is 1. The summed E-state index contributed by atoms with van der Waals surface area (Å²) in [7, 11) is 0. The van der Waals surface area contributed by atoms with Crippen LogP contribution in [-0.2, 0) is 5.54 Å². The molecular weight excluding hydrogens is 286 g/mol. The topological polar surface area (TPSA) is 54.9 Å². The van der Waals surface area contributed by atoms with Gasteiger partial charge in [-0.1, -0.05) is 36.8 Å². The lowest BCUT2D eigenvalue weighted by molar-refractivity contribution is 0.0981. The standard InChI is InChI=1S/C19H23N3O/c1-3-5-17(23)15-12-20-18(21-13-15)22-19(10-4-11-19)16-8-6-14(2)7-9-16/h6-9,12-13H,3-5,10-11H2,1-2H3,(H,20,21,22). The SMILES string of the molecule is CCCC(=O)c1cnc(NC2(c3ccc(C)cc3)CCC2)nc1. The number of carbonyl (C=O) groups is 1. The second-order valence-corrected chi connectivity index (χ2v) is 6.40. The molecule has 0 radical (unpaired) electrons. The molecule has 0 aliphatic heterocycles. The van der Waals surface area contributed by atoms with Crippen LogP contribution in [0.5, 0.6) is 0 Å². The Balaban J connectivity index is 1.77. The minimum absolute atomic E-state index is 0.0668. The van der Waals surface area contributed by atoms with Gasteiger partial charge in [0.2, 0.25) is 5.95 Å². The molecule has 0 saturated heterocycles. The third-order valence-electron chi connectivity index (χ3n) is 4.61. The number of nitrogens with zero attached hydrogens (tertiary/aromatic N) is 2. The molecule has 1 aromatic heterocycles. The summed E-state index contributed by atoms with van der Waals surface area (Å²) in [5, 5.41) is 3.49. The second-order valence-electron chi connectivity index (χ2n) is 6.40. The molecule has 1 aliphatic rings. The van der Waals surface area contributed by atoms with E-state index in [0.717, 1.165) is 19.3 Å². The molecule has 0 atom stereocenters. The lowest BCUT2D eigenvalue weighted by Crippen LogP contribution is -2.42. The van der Waals surface area contributed by atoms with Crippen LogP contribution in [0.3, 0.4) is 0 Å². The first-order chi connectivity index (χ1) is 11.1. The van der Waals surface area contributed by atoms with E-state index in [-0.39, 0.29) is 11.3 Å². The molecular formula is C19H23N3O. The third kappa shape index (κ3) is 3.26. The normalized spacial score (nSPS) is 15.7. The van der Waals surface area contributed by atoms with Crippen LogP contribution in [0.25, 0.3) is 0 Å². The molecule has 1 aromatic carbocycles. The first-order valence-corrected chi connectivity index (χ1v) is 8.33. The first kappa shape index (κ1) is 15.7. The van der Waals surface area contributed by atoms with E-state index in [1.807, 2.05) is 6.92 Å². The molecule has 0 bridgehead atoms. The summed E-state index contributed by atoms with van der Waals surface area (Å²) >= 11 is 0. The molecule has 2 aromatic rings. The van der Waals surface area contributed by atoms with Gasteiger partial charge in [0.1, 0.15) is 0 Å². The molecule has 1 N–H and O–H groups in total. The van der Waals surface area contributed by atoms with Crippen LogP contribution < -0.4 is 5.32 Å². The molecule has 1 heterocycles. The van der Waals surface area contributed by atoms with Gasteiger partial charge >= 0.3 is 0 Å². The lowest BCUT2D eigenvalue weighted by atomic mass is 9.72. The molecule has 1 fully saturated rings. The lowest BCUT2D eigenvalue weighted by Gasteiger charge is -2.43. The Bertz CT molecular complexity index is 673. The summed E-state index contributed by atoms with van der Waals surface area (Å²) in [5.74, 6) is 0.703. The van der Waals surface area contributed by atoms with Crippen molar-refractivity contribution in [2.45, 2.75) is 51.5 Å². The van der Waals surface area contributed by atoms with Gasteiger partial charge < -0.3 is 5.32 Å². The van der Waals surface area contributed by atoms with E-state index in [2.05, 4.69) is 46.5 Å². The average Bonchev–Trinajstić information content (AvgIpc) is 2.53. The van der Waals surface area contributed by atoms with Crippen LogP contribution >= 0.6 is 0 Å². The number of Topliss-reactive ketones (excluding diaryl/α,β-unsaturated/α-hetero) is 1. The predicted molar refractivity (Wildman–Crippen MR) is 91.6 cm³/mol. The van der Waals surface area contributed by atoms with E-state index in [9.17, 15) is 4.79 Å². The third-order valence-corrected chi connectivity index (χ3v) is 4.61. The minimum Gasteiger partial charge on any atom is -0.345 e. The Morgan fingerprint density at radius 3 is 2.35 bits per heavy atom. The average molecular weight is 309 g/mol. The van der Waals surface area contributed by atoms with E-state index in [4.69, 9.17) is 0 Å². The molecule has 0 unspecified atom stereocenters. The Morgan fingerprint density at radius 2 is 1.83 bits per heavy atom. The van der Waals surface area contributed by atoms with Crippen LogP contribution in [0, 0.1) is 6.92 Å². The number of hydrogen-bond donors (Lipinski definition) is 1. The number of carbonyl (C=O) groups excluding carboxylic acids is 1.